The highest BCUT2D eigenvalue weighted by molar-refractivity contribution is 7.91. The molecule has 15 nitrogen and oxygen atoms in total. The highest BCUT2D eigenvalue weighted by atomic mass is 32.2. The Morgan fingerprint density at radius 1 is 1.07 bits per heavy atom. The number of aromatic hydroxyl groups is 1. The summed E-state index contributed by atoms with van der Waals surface area (Å²) >= 11 is 1.08. The first-order valence-electron chi connectivity index (χ1n) is 20.7. The Hall–Kier alpha value is -4.42. The molecule has 3 aliphatic heterocycles. The summed E-state index contributed by atoms with van der Waals surface area (Å²) in [6.45, 7) is 0.451. The van der Waals surface area contributed by atoms with Crippen LogP contribution in [-0.2, 0) is 33.9 Å². The number of esters is 1. The average Bonchev–Trinajstić information content (AvgIpc) is 3.91. The monoisotopic (exact) mass is 854 g/mol. The Morgan fingerprint density at radius 2 is 1.85 bits per heavy atom. The number of phenolic OH excluding ortho intramolecular Hbond substituents is 1. The highest BCUT2D eigenvalue weighted by Gasteiger charge is 2.63. The van der Waals surface area contributed by atoms with Gasteiger partial charge in [-0.05, 0) is 69.6 Å². The maximum Gasteiger partial charge on any atom is 0.306 e. The van der Waals surface area contributed by atoms with Gasteiger partial charge in [-0.1, -0.05) is 37.8 Å². The lowest BCUT2D eigenvalue weighted by Gasteiger charge is -2.32. The molecule has 0 spiro atoms. The molecule has 5 fully saturated rings. The van der Waals surface area contributed by atoms with Crippen LogP contribution in [0.3, 0.4) is 0 Å². The van der Waals surface area contributed by atoms with E-state index in [0.717, 1.165) is 55.9 Å². The quantitative estimate of drug-likeness (QED) is 0.212. The molecule has 6 atom stereocenters. The number of thiazole rings is 1. The number of hydrogen-bond acceptors (Lipinski definition) is 12. The lowest BCUT2D eigenvalue weighted by atomic mass is 9.92. The second-order valence-electron chi connectivity index (χ2n) is 17.4. The van der Waals surface area contributed by atoms with Gasteiger partial charge in [0.05, 0.1) is 22.9 Å². The first-order chi connectivity index (χ1) is 28.2. The van der Waals surface area contributed by atoms with Crippen LogP contribution in [0.4, 0.5) is 4.39 Å². The van der Waals surface area contributed by atoms with Gasteiger partial charge in [0, 0.05) is 54.2 Å². The number of ether oxygens (including phenoxy) is 1. The molecule has 0 radical (unpaired) electrons. The minimum atomic E-state index is -3.94. The standard InChI is InChI=1S/C41H51FN6O9S2/c42-30-16-24(10-13-32(30)49)31-22-58-36(44-31)38(53)47-19-26-20-48-34(29(26)21-47)35(51)45-41(39(54)46-59(55,56)28-11-12-28)18-27(41)9-5-3-1-2-4-8-25(37(48)52)17-33(50)57-23-40(43)14-6-7-15-40/h5,9-10,13,16,22,25-29,34,49H,1-4,6-8,11-12,14-15,17-21,23,43H2,(H,45,51)(H,46,54)/b9-5-/t25-,26-,27+,29-,34-,41+/m0/s1. The summed E-state index contributed by atoms with van der Waals surface area (Å²) < 4.78 is 47.8. The van der Waals surface area contributed by atoms with Gasteiger partial charge in [-0.3, -0.25) is 28.7 Å². The molecular weight excluding hydrogens is 804 g/mol. The summed E-state index contributed by atoms with van der Waals surface area (Å²) in [7, 11) is -3.94. The van der Waals surface area contributed by atoms with Crippen molar-refractivity contribution in [3.05, 3.63) is 46.6 Å². The topological polar surface area (TPSA) is 218 Å². The molecule has 3 saturated carbocycles. The van der Waals surface area contributed by atoms with Crippen molar-refractivity contribution < 1.29 is 46.6 Å². The number of aromatic nitrogens is 1. The van der Waals surface area contributed by atoms with E-state index in [-0.39, 0.29) is 50.0 Å². The number of likely N-dealkylation sites (tertiary alicyclic amines) is 1. The van der Waals surface area contributed by atoms with Crippen molar-refractivity contribution in [1.82, 2.24) is 24.8 Å². The largest absolute Gasteiger partial charge is 0.505 e. The minimum Gasteiger partial charge on any atom is -0.505 e. The number of carbonyl (C=O) groups is 5. The molecule has 0 bridgehead atoms. The second kappa shape index (κ2) is 16.2. The number of sulfonamides is 1. The zero-order valence-electron chi connectivity index (χ0n) is 32.8. The van der Waals surface area contributed by atoms with E-state index in [2.05, 4.69) is 15.0 Å². The van der Waals surface area contributed by atoms with E-state index < -0.39 is 91.3 Å². The van der Waals surface area contributed by atoms with Crippen molar-refractivity contribution in [2.75, 3.05) is 26.2 Å². The van der Waals surface area contributed by atoms with Crippen molar-refractivity contribution in [2.24, 2.45) is 29.4 Å². The third-order valence-electron chi connectivity index (χ3n) is 13.1. The number of halogens is 1. The zero-order chi connectivity index (χ0) is 41.7. The Labute approximate surface area is 346 Å². The average molecular weight is 855 g/mol. The van der Waals surface area contributed by atoms with E-state index in [0.29, 0.717) is 43.4 Å². The number of nitrogens with zero attached hydrogens (tertiary/aromatic N) is 3. The van der Waals surface area contributed by atoms with Gasteiger partial charge < -0.3 is 30.7 Å². The van der Waals surface area contributed by atoms with E-state index >= 15 is 0 Å². The van der Waals surface area contributed by atoms with E-state index in [1.165, 1.54) is 17.0 Å². The first kappa shape index (κ1) is 41.3. The van der Waals surface area contributed by atoms with Gasteiger partial charge in [0.15, 0.2) is 16.6 Å². The minimum absolute atomic E-state index is 0.0655. The maximum atomic E-state index is 14.7. The molecule has 318 valence electrons. The third-order valence-corrected chi connectivity index (χ3v) is 15.7. The predicted molar refractivity (Wildman–Crippen MR) is 213 cm³/mol. The molecule has 2 aromatic rings. The number of phenols is 1. The molecule has 18 heteroatoms. The number of rotatable bonds is 9. The highest BCUT2D eigenvalue weighted by Crippen LogP contribution is 2.47. The van der Waals surface area contributed by atoms with Gasteiger partial charge in [-0.25, -0.2) is 17.8 Å². The predicted octanol–water partition coefficient (Wildman–Crippen LogP) is 3.38. The Kier molecular flexibility index (Phi) is 11.4. The van der Waals surface area contributed by atoms with Crippen molar-refractivity contribution in [2.45, 2.75) is 106 Å². The van der Waals surface area contributed by atoms with Crippen LogP contribution in [0.15, 0.2) is 35.7 Å². The molecule has 4 heterocycles. The summed E-state index contributed by atoms with van der Waals surface area (Å²) in [6.07, 6.45) is 11.4. The van der Waals surface area contributed by atoms with E-state index in [9.17, 15) is 41.9 Å². The van der Waals surface area contributed by atoms with Gasteiger partial charge in [0.1, 0.15) is 18.2 Å². The van der Waals surface area contributed by atoms with Gasteiger partial charge >= 0.3 is 5.97 Å². The summed E-state index contributed by atoms with van der Waals surface area (Å²) in [5, 5.41) is 13.6. The fourth-order valence-corrected chi connectivity index (χ4v) is 11.5. The van der Waals surface area contributed by atoms with E-state index in [4.69, 9.17) is 10.5 Å². The number of nitrogens with one attached hydrogen (secondary N) is 2. The lowest BCUT2D eigenvalue weighted by molar-refractivity contribution is -0.152. The Morgan fingerprint density at radius 3 is 2.59 bits per heavy atom. The molecule has 59 heavy (non-hydrogen) atoms. The molecule has 1 aromatic heterocycles. The number of allylic oxidation sites excluding steroid dienone is 1. The number of nitrogens with two attached hydrogens (primary N) is 1. The molecule has 4 amide bonds. The fraction of sp³-hybridized carbons (Fsp3) is 0.610. The van der Waals surface area contributed by atoms with Crippen LogP contribution in [0.25, 0.3) is 11.3 Å². The van der Waals surface area contributed by atoms with E-state index in [1.807, 2.05) is 12.2 Å². The number of carbonyl (C=O) groups excluding carboxylic acids is 5. The van der Waals surface area contributed by atoms with Crippen LogP contribution in [0, 0.1) is 29.5 Å². The van der Waals surface area contributed by atoms with Crippen molar-refractivity contribution >= 4 is 51.0 Å². The van der Waals surface area contributed by atoms with Crippen LogP contribution >= 0.6 is 11.3 Å². The van der Waals surface area contributed by atoms with E-state index in [1.54, 1.807) is 10.3 Å². The van der Waals surface area contributed by atoms with Crippen LogP contribution in [0.1, 0.15) is 93.3 Å². The molecule has 5 N–H and O–H groups in total. The Bertz CT molecular complexity index is 2150. The van der Waals surface area contributed by atoms with Crippen LogP contribution in [-0.4, -0.2) is 107 Å². The number of benzene rings is 1. The van der Waals surface area contributed by atoms with Crippen LogP contribution in [0.2, 0.25) is 0 Å². The van der Waals surface area contributed by atoms with Gasteiger partial charge in [-0.2, -0.15) is 0 Å². The molecule has 2 saturated heterocycles. The third kappa shape index (κ3) is 8.62. The van der Waals surface area contributed by atoms with Gasteiger partial charge in [0.25, 0.3) is 11.8 Å². The summed E-state index contributed by atoms with van der Waals surface area (Å²) in [4.78, 5) is 78.0. The molecule has 8 rings (SSSR count). The summed E-state index contributed by atoms with van der Waals surface area (Å²) in [5.41, 5.74) is 5.04. The smallest absolute Gasteiger partial charge is 0.306 e. The van der Waals surface area contributed by atoms with Crippen molar-refractivity contribution in [3.63, 3.8) is 0 Å². The lowest BCUT2D eigenvalue weighted by Crippen LogP contribution is -2.58. The Balaban J connectivity index is 1.05. The van der Waals surface area contributed by atoms with Crippen molar-refractivity contribution in [3.8, 4) is 17.0 Å². The van der Waals surface area contributed by atoms with Gasteiger partial charge in [0.2, 0.25) is 21.8 Å². The van der Waals surface area contributed by atoms with Crippen LogP contribution in [0.5, 0.6) is 5.75 Å². The summed E-state index contributed by atoms with van der Waals surface area (Å²) in [5.74, 6) is -6.27. The molecule has 6 aliphatic rings. The van der Waals surface area contributed by atoms with Gasteiger partial charge in [-0.15, -0.1) is 11.3 Å². The molecule has 3 aliphatic carbocycles. The van der Waals surface area contributed by atoms with Crippen molar-refractivity contribution in [1.29, 1.82) is 0 Å². The second-order valence-corrected chi connectivity index (χ2v) is 20.2. The first-order valence-corrected chi connectivity index (χ1v) is 23.1. The number of hydrogen-bond donors (Lipinski definition) is 4. The number of fused-ring (bicyclic) bond motifs is 4. The molecule has 1 aromatic carbocycles. The fourth-order valence-electron chi connectivity index (χ4n) is 9.38. The summed E-state index contributed by atoms with van der Waals surface area (Å²) in [6, 6.07) is 2.69. The normalized spacial score (nSPS) is 30.0. The number of amides is 4. The van der Waals surface area contributed by atoms with Crippen LogP contribution < -0.4 is 15.8 Å². The SMILES string of the molecule is NC1(COC(=O)C[C@@H]2CCCCC/C=C\[C@@H]3C[C@@]3(C(=O)NS(=O)(=O)C3CC3)NC(=O)[C@@H]3[C@H]4CN(C(=O)c5nc(-c6ccc(O)c(F)c6)cs5)C[C@H]4CN3C2=O)CCCC1. The molecule has 0 unspecified atom stereocenters. The molecular formula is C41H51FN6O9S2. The zero-order valence-corrected chi connectivity index (χ0v) is 34.4. The maximum absolute atomic E-state index is 14.7.